The number of hydrogen-bond acceptors (Lipinski definition) is 4. The molecule has 24 heavy (non-hydrogen) atoms. The monoisotopic (exact) mass is 329 g/mol. The second-order valence-electron chi connectivity index (χ2n) is 6.51. The highest BCUT2D eigenvalue weighted by Crippen LogP contribution is 2.29. The minimum absolute atomic E-state index is 0.0458. The number of amides is 2. The average molecular weight is 329 g/mol. The number of nitrogens with zero attached hydrogens (tertiary/aromatic N) is 6. The van der Waals surface area contributed by atoms with Crippen LogP contribution < -0.4 is 5.32 Å². The number of urea groups is 1. The van der Waals surface area contributed by atoms with Gasteiger partial charge in [-0.05, 0) is 26.2 Å². The fraction of sp³-hybridized carbons (Fsp3) is 0.625. The van der Waals surface area contributed by atoms with E-state index in [2.05, 4.69) is 25.2 Å². The topological polar surface area (TPSA) is 80.9 Å². The molecule has 0 bridgehead atoms. The Balaban J connectivity index is 1.34. The summed E-state index contributed by atoms with van der Waals surface area (Å²) in [4.78, 5) is 14.3. The van der Waals surface area contributed by atoms with E-state index in [1.54, 1.807) is 10.9 Å². The first-order valence-electron chi connectivity index (χ1n) is 8.75. The Morgan fingerprint density at radius 3 is 2.88 bits per heavy atom. The Labute approximate surface area is 140 Å². The van der Waals surface area contributed by atoms with Crippen molar-refractivity contribution in [1.29, 1.82) is 0 Å². The van der Waals surface area contributed by atoms with Crippen molar-refractivity contribution in [3.05, 3.63) is 24.0 Å². The van der Waals surface area contributed by atoms with E-state index in [0.717, 1.165) is 62.8 Å². The third kappa shape index (κ3) is 2.76. The van der Waals surface area contributed by atoms with Gasteiger partial charge in [0.2, 0.25) is 0 Å². The number of carbonyl (C=O) groups excluding carboxylic acids is 1. The lowest BCUT2D eigenvalue weighted by Crippen LogP contribution is -2.40. The Kier molecular flexibility index (Phi) is 3.95. The molecule has 8 nitrogen and oxygen atoms in total. The van der Waals surface area contributed by atoms with E-state index in [1.165, 1.54) is 6.42 Å². The van der Waals surface area contributed by atoms with Crippen LogP contribution in [-0.2, 0) is 19.5 Å². The van der Waals surface area contributed by atoms with Gasteiger partial charge in [0.05, 0.1) is 11.9 Å². The van der Waals surface area contributed by atoms with Crippen LogP contribution in [0.2, 0.25) is 0 Å². The molecular formula is C16H23N7O. The summed E-state index contributed by atoms with van der Waals surface area (Å²) in [6, 6.07) is -0.0458. The van der Waals surface area contributed by atoms with Crippen LogP contribution in [0.15, 0.2) is 12.4 Å². The summed E-state index contributed by atoms with van der Waals surface area (Å²) in [5.74, 6) is 2.65. The normalized spacial score (nSPS) is 18.0. The highest BCUT2D eigenvalue weighted by Gasteiger charge is 2.29. The van der Waals surface area contributed by atoms with Crippen LogP contribution in [0, 0.1) is 0 Å². The smallest absolute Gasteiger partial charge is 0.321 e. The molecule has 1 fully saturated rings. The van der Waals surface area contributed by atoms with Crippen molar-refractivity contribution in [1.82, 2.24) is 29.4 Å². The van der Waals surface area contributed by atoms with Crippen molar-refractivity contribution in [3.63, 3.8) is 0 Å². The summed E-state index contributed by atoms with van der Waals surface area (Å²) in [6.07, 6.45) is 7.64. The zero-order valence-electron chi connectivity index (χ0n) is 14.0. The molecule has 4 heterocycles. The Morgan fingerprint density at radius 1 is 1.29 bits per heavy atom. The number of likely N-dealkylation sites (tertiary alicyclic amines) is 1. The van der Waals surface area contributed by atoms with Crippen molar-refractivity contribution < 1.29 is 4.79 Å². The number of nitrogens with one attached hydrogen (secondary N) is 1. The quantitative estimate of drug-likeness (QED) is 0.932. The SMILES string of the molecule is CCn1cc(NC(=O)N2CCC(c3nnc4n3CCC4)CC2)cn1. The van der Waals surface area contributed by atoms with Crippen molar-refractivity contribution in [3.8, 4) is 0 Å². The number of carbonyl (C=O) groups is 1. The molecule has 0 spiro atoms. The van der Waals surface area contributed by atoms with Gasteiger partial charge in [-0.15, -0.1) is 10.2 Å². The first kappa shape index (κ1) is 15.2. The van der Waals surface area contributed by atoms with Crippen LogP contribution >= 0.6 is 0 Å². The number of anilines is 1. The summed E-state index contributed by atoms with van der Waals surface area (Å²) in [5.41, 5.74) is 0.749. The maximum absolute atomic E-state index is 12.4. The fourth-order valence-corrected chi connectivity index (χ4v) is 3.62. The fourth-order valence-electron chi connectivity index (χ4n) is 3.62. The lowest BCUT2D eigenvalue weighted by Gasteiger charge is -2.31. The second-order valence-corrected chi connectivity index (χ2v) is 6.51. The average Bonchev–Trinajstić information content (AvgIpc) is 3.31. The minimum atomic E-state index is -0.0458. The molecule has 2 aromatic rings. The van der Waals surface area contributed by atoms with Gasteiger partial charge >= 0.3 is 6.03 Å². The molecule has 0 atom stereocenters. The molecule has 2 amide bonds. The van der Waals surface area contributed by atoms with Gasteiger partial charge in [0.15, 0.2) is 0 Å². The van der Waals surface area contributed by atoms with E-state index < -0.39 is 0 Å². The van der Waals surface area contributed by atoms with Crippen LogP contribution in [0.3, 0.4) is 0 Å². The summed E-state index contributed by atoms with van der Waals surface area (Å²) < 4.78 is 4.08. The predicted molar refractivity (Wildman–Crippen MR) is 88.8 cm³/mol. The van der Waals surface area contributed by atoms with Gasteiger partial charge in [-0.25, -0.2) is 4.79 Å². The number of aromatic nitrogens is 5. The van der Waals surface area contributed by atoms with Gasteiger partial charge in [-0.1, -0.05) is 0 Å². The minimum Gasteiger partial charge on any atom is -0.324 e. The van der Waals surface area contributed by atoms with E-state index in [-0.39, 0.29) is 6.03 Å². The summed E-state index contributed by atoms with van der Waals surface area (Å²) >= 11 is 0. The van der Waals surface area contributed by atoms with Crippen molar-refractivity contribution in [2.45, 2.75) is 51.6 Å². The lowest BCUT2D eigenvalue weighted by molar-refractivity contribution is 0.193. The zero-order valence-corrected chi connectivity index (χ0v) is 14.0. The molecule has 128 valence electrons. The molecule has 0 saturated carbocycles. The van der Waals surface area contributed by atoms with Crippen LogP contribution in [0.5, 0.6) is 0 Å². The first-order chi connectivity index (χ1) is 11.7. The molecule has 0 aromatic carbocycles. The molecule has 0 radical (unpaired) electrons. The van der Waals surface area contributed by atoms with Crippen molar-refractivity contribution in [2.75, 3.05) is 18.4 Å². The molecule has 8 heteroatoms. The summed E-state index contributed by atoms with van der Waals surface area (Å²) in [6.45, 7) is 5.36. The molecule has 4 rings (SSSR count). The number of fused-ring (bicyclic) bond motifs is 1. The number of rotatable bonds is 3. The van der Waals surface area contributed by atoms with Gasteiger partial charge in [0.1, 0.15) is 11.6 Å². The van der Waals surface area contributed by atoms with Gasteiger partial charge in [0, 0.05) is 44.7 Å². The maximum Gasteiger partial charge on any atom is 0.321 e. The van der Waals surface area contributed by atoms with E-state index >= 15 is 0 Å². The van der Waals surface area contributed by atoms with E-state index in [9.17, 15) is 4.79 Å². The second kappa shape index (κ2) is 6.26. The van der Waals surface area contributed by atoms with Crippen molar-refractivity contribution in [2.24, 2.45) is 0 Å². The number of hydrogen-bond donors (Lipinski definition) is 1. The Bertz CT molecular complexity index is 727. The third-order valence-electron chi connectivity index (χ3n) is 4.99. The van der Waals surface area contributed by atoms with Crippen molar-refractivity contribution >= 4 is 11.7 Å². The zero-order chi connectivity index (χ0) is 16.5. The van der Waals surface area contributed by atoms with Gasteiger partial charge in [-0.2, -0.15) is 5.10 Å². The molecular weight excluding hydrogens is 306 g/mol. The first-order valence-corrected chi connectivity index (χ1v) is 8.75. The highest BCUT2D eigenvalue weighted by molar-refractivity contribution is 5.89. The third-order valence-corrected chi connectivity index (χ3v) is 4.99. The van der Waals surface area contributed by atoms with Crippen LogP contribution in [-0.4, -0.2) is 48.6 Å². The molecule has 2 aromatic heterocycles. The predicted octanol–water partition coefficient (Wildman–Crippen LogP) is 1.85. The standard InChI is InChI=1S/C16H23N7O/c1-2-22-11-13(10-17-22)18-16(24)21-8-5-12(6-9-21)15-20-19-14-4-3-7-23(14)15/h10-12H,2-9H2,1H3,(H,18,24). The molecule has 1 saturated heterocycles. The molecule has 0 unspecified atom stereocenters. The highest BCUT2D eigenvalue weighted by atomic mass is 16.2. The summed E-state index contributed by atoms with van der Waals surface area (Å²) in [5, 5.41) is 15.8. The van der Waals surface area contributed by atoms with Gasteiger partial charge in [0.25, 0.3) is 0 Å². The largest absolute Gasteiger partial charge is 0.324 e. The molecule has 2 aliphatic rings. The van der Waals surface area contributed by atoms with Gasteiger partial charge in [-0.3, -0.25) is 4.68 Å². The molecule has 2 aliphatic heterocycles. The Morgan fingerprint density at radius 2 is 2.12 bits per heavy atom. The molecule has 1 N–H and O–H groups in total. The van der Waals surface area contributed by atoms with Gasteiger partial charge < -0.3 is 14.8 Å². The van der Waals surface area contributed by atoms with Crippen LogP contribution in [0.25, 0.3) is 0 Å². The van der Waals surface area contributed by atoms with E-state index in [4.69, 9.17) is 0 Å². The maximum atomic E-state index is 12.4. The number of aryl methyl sites for hydroxylation is 2. The van der Waals surface area contributed by atoms with E-state index in [1.807, 2.05) is 18.0 Å². The van der Waals surface area contributed by atoms with E-state index in [0.29, 0.717) is 5.92 Å². The van der Waals surface area contributed by atoms with Crippen LogP contribution in [0.1, 0.15) is 43.8 Å². The Hall–Kier alpha value is -2.38. The van der Waals surface area contributed by atoms with Crippen LogP contribution in [0.4, 0.5) is 10.5 Å². The lowest BCUT2D eigenvalue weighted by atomic mass is 9.96. The molecule has 0 aliphatic carbocycles. The number of piperidine rings is 1. The summed E-state index contributed by atoms with van der Waals surface area (Å²) in [7, 11) is 0.